The Hall–Kier alpha value is -1.98. The highest BCUT2D eigenvalue weighted by molar-refractivity contribution is 5.79. The second kappa shape index (κ2) is 7.71. The molecule has 0 bridgehead atoms. The van der Waals surface area contributed by atoms with Crippen LogP contribution in [0.1, 0.15) is 34.1 Å². The minimum Gasteiger partial charge on any atom is -0.473 e. The second-order valence-corrected chi connectivity index (χ2v) is 5.61. The summed E-state index contributed by atoms with van der Waals surface area (Å²) in [6.07, 6.45) is 0.626. The highest BCUT2D eigenvalue weighted by atomic mass is 16.5. The van der Waals surface area contributed by atoms with Gasteiger partial charge in [-0.1, -0.05) is 13.8 Å². The number of rotatable bonds is 7. The van der Waals surface area contributed by atoms with E-state index < -0.39 is 6.04 Å². The van der Waals surface area contributed by atoms with Crippen molar-refractivity contribution in [2.75, 3.05) is 18.2 Å². The number of anilines is 2. The van der Waals surface area contributed by atoms with Crippen LogP contribution in [-0.4, -0.2) is 30.2 Å². The van der Waals surface area contributed by atoms with Crippen molar-refractivity contribution < 1.29 is 14.3 Å². The molecule has 0 aliphatic rings. The molecule has 21 heavy (non-hydrogen) atoms. The van der Waals surface area contributed by atoms with Gasteiger partial charge in [0.15, 0.2) is 0 Å². The SMILES string of the molecule is COC(=O)C(CC(C)C)Nc1ccc(N)c(OC(C)C)n1. The van der Waals surface area contributed by atoms with Gasteiger partial charge >= 0.3 is 5.97 Å². The molecular weight excluding hydrogens is 270 g/mol. The molecule has 0 radical (unpaired) electrons. The first-order valence-electron chi connectivity index (χ1n) is 7.11. The van der Waals surface area contributed by atoms with Gasteiger partial charge in [0.05, 0.1) is 18.9 Å². The lowest BCUT2D eigenvalue weighted by Gasteiger charge is -2.19. The van der Waals surface area contributed by atoms with E-state index in [-0.39, 0.29) is 12.1 Å². The van der Waals surface area contributed by atoms with Gasteiger partial charge in [-0.2, -0.15) is 4.98 Å². The van der Waals surface area contributed by atoms with Crippen molar-refractivity contribution in [2.24, 2.45) is 5.92 Å². The van der Waals surface area contributed by atoms with E-state index in [2.05, 4.69) is 10.3 Å². The van der Waals surface area contributed by atoms with Gasteiger partial charge < -0.3 is 20.5 Å². The molecule has 1 aromatic rings. The van der Waals surface area contributed by atoms with Gasteiger partial charge in [-0.15, -0.1) is 0 Å². The van der Waals surface area contributed by atoms with Gasteiger partial charge in [-0.25, -0.2) is 4.79 Å². The number of esters is 1. The maximum absolute atomic E-state index is 11.8. The Morgan fingerprint density at radius 2 is 2.00 bits per heavy atom. The Labute approximate surface area is 126 Å². The number of nitrogens with one attached hydrogen (secondary N) is 1. The average molecular weight is 295 g/mol. The first-order chi connectivity index (χ1) is 9.83. The number of carbonyl (C=O) groups is 1. The second-order valence-electron chi connectivity index (χ2n) is 5.61. The molecule has 0 amide bonds. The number of hydrogen-bond acceptors (Lipinski definition) is 6. The normalized spacial score (nSPS) is 12.3. The predicted molar refractivity (Wildman–Crippen MR) is 83.3 cm³/mol. The van der Waals surface area contributed by atoms with Gasteiger partial charge in [0.1, 0.15) is 11.9 Å². The van der Waals surface area contributed by atoms with E-state index >= 15 is 0 Å². The highest BCUT2D eigenvalue weighted by Crippen LogP contribution is 2.23. The van der Waals surface area contributed by atoms with E-state index in [1.165, 1.54) is 7.11 Å². The first kappa shape index (κ1) is 17.1. The summed E-state index contributed by atoms with van der Waals surface area (Å²) in [6, 6.07) is 2.98. The van der Waals surface area contributed by atoms with Crippen molar-refractivity contribution in [1.82, 2.24) is 4.98 Å². The zero-order chi connectivity index (χ0) is 16.0. The fourth-order valence-corrected chi connectivity index (χ4v) is 1.86. The maximum atomic E-state index is 11.8. The van der Waals surface area contributed by atoms with E-state index in [4.69, 9.17) is 15.2 Å². The van der Waals surface area contributed by atoms with Crippen LogP contribution < -0.4 is 15.8 Å². The Morgan fingerprint density at radius 1 is 1.33 bits per heavy atom. The Balaban J connectivity index is 2.90. The van der Waals surface area contributed by atoms with Gasteiger partial charge in [0, 0.05) is 0 Å². The monoisotopic (exact) mass is 295 g/mol. The van der Waals surface area contributed by atoms with E-state index in [1.807, 2.05) is 27.7 Å². The van der Waals surface area contributed by atoms with Crippen LogP contribution in [0.4, 0.5) is 11.5 Å². The summed E-state index contributed by atoms with van der Waals surface area (Å²) in [5.74, 6) is 0.939. The molecule has 0 fully saturated rings. The molecule has 6 heteroatoms. The number of pyridine rings is 1. The number of ether oxygens (including phenoxy) is 2. The van der Waals surface area contributed by atoms with Crippen LogP contribution in [0.25, 0.3) is 0 Å². The van der Waals surface area contributed by atoms with Gasteiger partial charge in [0.2, 0.25) is 5.88 Å². The molecule has 1 unspecified atom stereocenters. The molecule has 1 atom stereocenters. The molecule has 0 aliphatic carbocycles. The van der Waals surface area contributed by atoms with Crippen LogP contribution in [0.5, 0.6) is 5.88 Å². The van der Waals surface area contributed by atoms with Crippen LogP contribution >= 0.6 is 0 Å². The van der Waals surface area contributed by atoms with Crippen molar-refractivity contribution in [3.63, 3.8) is 0 Å². The first-order valence-corrected chi connectivity index (χ1v) is 7.11. The number of nitrogens with two attached hydrogens (primary N) is 1. The smallest absolute Gasteiger partial charge is 0.328 e. The Kier molecular flexibility index (Phi) is 6.27. The molecular formula is C15H25N3O3. The minimum atomic E-state index is -0.446. The minimum absolute atomic E-state index is 0.0258. The van der Waals surface area contributed by atoms with Crippen LogP contribution in [0.2, 0.25) is 0 Å². The number of nitrogen functional groups attached to an aromatic ring is 1. The average Bonchev–Trinajstić information content (AvgIpc) is 2.39. The summed E-state index contributed by atoms with van der Waals surface area (Å²) >= 11 is 0. The number of carbonyl (C=O) groups excluding carboxylic acids is 1. The fourth-order valence-electron chi connectivity index (χ4n) is 1.86. The van der Waals surface area contributed by atoms with Crippen molar-refractivity contribution in [2.45, 2.75) is 46.3 Å². The third-order valence-corrected chi connectivity index (χ3v) is 2.75. The molecule has 0 spiro atoms. The van der Waals surface area contributed by atoms with Crippen molar-refractivity contribution in [3.8, 4) is 5.88 Å². The number of methoxy groups -OCH3 is 1. The maximum Gasteiger partial charge on any atom is 0.328 e. The third kappa shape index (κ3) is 5.49. The van der Waals surface area contributed by atoms with Crippen LogP contribution in [0.15, 0.2) is 12.1 Å². The molecule has 6 nitrogen and oxygen atoms in total. The van der Waals surface area contributed by atoms with E-state index in [0.717, 1.165) is 0 Å². The zero-order valence-electron chi connectivity index (χ0n) is 13.3. The number of nitrogens with zero attached hydrogens (tertiary/aromatic N) is 1. The van der Waals surface area contributed by atoms with Crippen molar-refractivity contribution in [1.29, 1.82) is 0 Å². The number of hydrogen-bond donors (Lipinski definition) is 2. The summed E-state index contributed by atoms with van der Waals surface area (Å²) in [5.41, 5.74) is 6.29. The van der Waals surface area contributed by atoms with Crippen LogP contribution in [0, 0.1) is 5.92 Å². The summed E-state index contributed by atoms with van der Waals surface area (Å²) in [4.78, 5) is 16.1. The molecule has 0 aromatic carbocycles. The summed E-state index contributed by atoms with van der Waals surface area (Å²) in [6.45, 7) is 7.89. The highest BCUT2D eigenvalue weighted by Gasteiger charge is 2.21. The zero-order valence-corrected chi connectivity index (χ0v) is 13.3. The molecule has 118 valence electrons. The van der Waals surface area contributed by atoms with Gasteiger partial charge in [-0.3, -0.25) is 0 Å². The lowest BCUT2D eigenvalue weighted by atomic mass is 10.0. The quantitative estimate of drug-likeness (QED) is 0.751. The van der Waals surface area contributed by atoms with E-state index in [9.17, 15) is 4.79 Å². The molecule has 0 saturated heterocycles. The van der Waals surface area contributed by atoms with Crippen molar-refractivity contribution in [3.05, 3.63) is 12.1 Å². The third-order valence-electron chi connectivity index (χ3n) is 2.75. The van der Waals surface area contributed by atoms with Gasteiger partial charge in [0.25, 0.3) is 0 Å². The number of aromatic nitrogens is 1. The standard InChI is InChI=1S/C15H25N3O3/c1-9(2)8-12(15(19)20-5)17-13-7-6-11(16)14(18-13)21-10(3)4/h6-7,9-10,12H,8,16H2,1-5H3,(H,17,18). The lowest BCUT2D eigenvalue weighted by molar-refractivity contribution is -0.141. The lowest BCUT2D eigenvalue weighted by Crippen LogP contribution is -2.32. The summed E-state index contributed by atoms with van der Waals surface area (Å²) in [7, 11) is 1.38. The largest absolute Gasteiger partial charge is 0.473 e. The summed E-state index contributed by atoms with van der Waals surface area (Å²) < 4.78 is 10.4. The molecule has 1 rings (SSSR count). The van der Waals surface area contributed by atoms with Crippen LogP contribution in [-0.2, 0) is 9.53 Å². The topological polar surface area (TPSA) is 86.5 Å². The molecule has 0 saturated carbocycles. The molecule has 0 aliphatic heterocycles. The Bertz CT molecular complexity index is 475. The molecule has 3 N–H and O–H groups in total. The van der Waals surface area contributed by atoms with Crippen molar-refractivity contribution >= 4 is 17.5 Å². The fraction of sp³-hybridized carbons (Fsp3) is 0.600. The predicted octanol–water partition coefficient (Wildman–Crippen LogP) is 2.45. The molecule has 1 heterocycles. The Morgan fingerprint density at radius 3 is 2.52 bits per heavy atom. The molecule has 1 aromatic heterocycles. The van der Waals surface area contributed by atoms with E-state index in [0.29, 0.717) is 29.7 Å². The van der Waals surface area contributed by atoms with Gasteiger partial charge in [-0.05, 0) is 38.3 Å². The van der Waals surface area contributed by atoms with E-state index in [1.54, 1.807) is 12.1 Å². The summed E-state index contributed by atoms with van der Waals surface area (Å²) in [5, 5.41) is 3.08. The van der Waals surface area contributed by atoms with Crippen LogP contribution in [0.3, 0.4) is 0 Å².